The van der Waals surface area contributed by atoms with Gasteiger partial charge < -0.3 is 4.74 Å². The topological polar surface area (TPSA) is 26.3 Å². The summed E-state index contributed by atoms with van der Waals surface area (Å²) in [6, 6.07) is 0. The fraction of sp³-hybridized carbons (Fsp3) is 0.800. The van der Waals surface area contributed by atoms with Crippen molar-refractivity contribution in [2.24, 2.45) is 0 Å². The molecule has 0 amide bonds. The molecule has 1 unspecified atom stereocenters. The molecular weight excluding hydrogens is 168 g/mol. The number of hydrogen-bond acceptors (Lipinski definition) is 2. The van der Waals surface area contributed by atoms with Crippen LogP contribution in [0.1, 0.15) is 13.3 Å². The van der Waals surface area contributed by atoms with Crippen LogP contribution in [-0.2, 0) is 9.53 Å². The van der Waals surface area contributed by atoms with E-state index in [1.165, 1.54) is 6.92 Å². The van der Waals surface area contributed by atoms with E-state index in [1.807, 2.05) is 0 Å². The predicted octanol–water partition coefficient (Wildman–Crippen LogP) is 1.80. The van der Waals surface area contributed by atoms with Gasteiger partial charge in [-0.05, 0) is 0 Å². The predicted molar refractivity (Wildman–Crippen MR) is 27.3 cm³/mol. The highest BCUT2D eigenvalue weighted by molar-refractivity contribution is 5.75. The monoisotopic (exact) mass is 174 g/mol. The third-order valence-corrected chi connectivity index (χ3v) is 0.787. The van der Waals surface area contributed by atoms with Gasteiger partial charge in [-0.1, -0.05) is 6.92 Å². The number of rotatable bonds is 2. The number of halogens is 4. The number of carbonyl (C=O) groups excluding carboxylic acids is 1. The zero-order valence-corrected chi connectivity index (χ0v) is 5.61. The lowest BCUT2D eigenvalue weighted by atomic mass is 10.5. The Kier molecular flexibility index (Phi) is 3.28. The first-order valence-electron chi connectivity index (χ1n) is 2.79. The van der Waals surface area contributed by atoms with Gasteiger partial charge >= 0.3 is 12.1 Å². The van der Waals surface area contributed by atoms with Crippen molar-refractivity contribution in [2.75, 3.05) is 0 Å². The molecule has 0 N–H and O–H groups in total. The molecule has 11 heavy (non-hydrogen) atoms. The van der Waals surface area contributed by atoms with Gasteiger partial charge in [-0.3, -0.25) is 0 Å². The molecule has 0 aliphatic carbocycles. The number of alkyl halides is 4. The fourth-order valence-electron chi connectivity index (χ4n) is 0.266. The van der Waals surface area contributed by atoms with E-state index in [-0.39, 0.29) is 6.42 Å². The van der Waals surface area contributed by atoms with Crippen LogP contribution in [0.15, 0.2) is 0 Å². The number of hydrogen-bond donors (Lipinski definition) is 0. The van der Waals surface area contributed by atoms with Gasteiger partial charge in [-0.15, -0.1) is 0 Å². The van der Waals surface area contributed by atoms with Crippen LogP contribution in [0, 0.1) is 0 Å². The van der Waals surface area contributed by atoms with Gasteiger partial charge in [0.05, 0.1) is 0 Å². The molecule has 0 radical (unpaired) electrons. The smallest absolute Gasteiger partial charge is 0.424 e. The van der Waals surface area contributed by atoms with Crippen molar-refractivity contribution < 1.29 is 27.1 Å². The summed E-state index contributed by atoms with van der Waals surface area (Å²) in [5.41, 5.74) is 0. The second-order valence-electron chi connectivity index (χ2n) is 1.72. The molecule has 0 aliphatic heterocycles. The van der Waals surface area contributed by atoms with Crippen LogP contribution >= 0.6 is 0 Å². The molecule has 0 aromatic rings. The Morgan fingerprint density at radius 1 is 1.55 bits per heavy atom. The molecule has 1 atom stereocenters. The average Bonchev–Trinajstić information content (AvgIpc) is 1.85. The fourth-order valence-corrected chi connectivity index (χ4v) is 0.266. The SMILES string of the molecule is CCC(F)OC(=O)C(F)(F)F. The normalized spacial score (nSPS) is 14.3. The lowest BCUT2D eigenvalue weighted by Gasteiger charge is -2.08. The molecule has 0 heterocycles. The minimum atomic E-state index is -5.11. The summed E-state index contributed by atoms with van der Waals surface area (Å²) in [5, 5.41) is 0. The molecule has 0 aliphatic rings. The van der Waals surface area contributed by atoms with E-state index >= 15 is 0 Å². The summed E-state index contributed by atoms with van der Waals surface area (Å²) >= 11 is 0. The molecule has 0 fully saturated rings. The largest absolute Gasteiger partial charge is 0.491 e. The van der Waals surface area contributed by atoms with Crippen LogP contribution in [0.2, 0.25) is 0 Å². The van der Waals surface area contributed by atoms with E-state index in [0.29, 0.717) is 0 Å². The molecule has 0 spiro atoms. The third-order valence-electron chi connectivity index (χ3n) is 0.787. The van der Waals surface area contributed by atoms with Crippen molar-refractivity contribution in [1.29, 1.82) is 0 Å². The van der Waals surface area contributed by atoms with Gasteiger partial charge in [0, 0.05) is 6.42 Å². The summed E-state index contributed by atoms with van der Waals surface area (Å²) in [5.74, 6) is -2.49. The summed E-state index contributed by atoms with van der Waals surface area (Å²) in [7, 11) is 0. The Labute approximate surface area is 60.1 Å². The quantitative estimate of drug-likeness (QED) is 0.471. The summed E-state index contributed by atoms with van der Waals surface area (Å²) in [6.07, 6.45) is -7.58. The van der Waals surface area contributed by atoms with Gasteiger partial charge in [-0.25, -0.2) is 9.18 Å². The molecular formula is C5H6F4O2. The summed E-state index contributed by atoms with van der Waals surface area (Å²) < 4.78 is 49.2. The highest BCUT2D eigenvalue weighted by Crippen LogP contribution is 2.18. The van der Waals surface area contributed by atoms with Crippen LogP contribution in [0.5, 0.6) is 0 Å². The maximum absolute atomic E-state index is 12.0. The lowest BCUT2D eigenvalue weighted by molar-refractivity contribution is -0.212. The highest BCUT2D eigenvalue weighted by Gasteiger charge is 2.42. The average molecular weight is 174 g/mol. The van der Waals surface area contributed by atoms with Gasteiger partial charge in [0.1, 0.15) is 0 Å². The number of ether oxygens (including phenoxy) is 1. The van der Waals surface area contributed by atoms with E-state index in [1.54, 1.807) is 0 Å². The minimum Gasteiger partial charge on any atom is -0.424 e. The third kappa shape index (κ3) is 3.79. The van der Waals surface area contributed by atoms with Crippen molar-refractivity contribution in [3.63, 3.8) is 0 Å². The van der Waals surface area contributed by atoms with Crippen LogP contribution in [0.4, 0.5) is 17.6 Å². The molecule has 2 nitrogen and oxygen atoms in total. The first kappa shape index (κ1) is 10.2. The number of esters is 1. The van der Waals surface area contributed by atoms with Gasteiger partial charge in [0.2, 0.25) is 6.36 Å². The maximum atomic E-state index is 12.0. The first-order chi connectivity index (χ1) is 4.88. The molecule has 0 rings (SSSR count). The van der Waals surface area contributed by atoms with E-state index < -0.39 is 18.5 Å². The van der Waals surface area contributed by atoms with Crippen LogP contribution in [0.3, 0.4) is 0 Å². The van der Waals surface area contributed by atoms with Crippen LogP contribution in [0.25, 0.3) is 0 Å². The highest BCUT2D eigenvalue weighted by atomic mass is 19.4. The molecule has 0 saturated heterocycles. The van der Waals surface area contributed by atoms with Gasteiger partial charge in [0.15, 0.2) is 0 Å². The minimum absolute atomic E-state index is 0.290. The Morgan fingerprint density at radius 2 is 2.00 bits per heavy atom. The molecule has 66 valence electrons. The second-order valence-corrected chi connectivity index (χ2v) is 1.72. The Balaban J connectivity index is 3.88. The molecule has 0 saturated carbocycles. The van der Waals surface area contributed by atoms with E-state index in [4.69, 9.17) is 0 Å². The second kappa shape index (κ2) is 3.54. The zero-order chi connectivity index (χ0) is 9.07. The van der Waals surface area contributed by atoms with E-state index in [9.17, 15) is 22.4 Å². The lowest BCUT2D eigenvalue weighted by Crippen LogP contribution is -2.28. The Morgan fingerprint density at radius 3 is 2.27 bits per heavy atom. The maximum Gasteiger partial charge on any atom is 0.491 e. The van der Waals surface area contributed by atoms with Crippen LogP contribution < -0.4 is 0 Å². The summed E-state index contributed by atoms with van der Waals surface area (Å²) in [6.45, 7) is 1.26. The molecule has 6 heteroatoms. The summed E-state index contributed by atoms with van der Waals surface area (Å²) in [4.78, 5) is 9.85. The van der Waals surface area contributed by atoms with Crippen molar-refractivity contribution in [3.05, 3.63) is 0 Å². The van der Waals surface area contributed by atoms with Crippen molar-refractivity contribution in [3.8, 4) is 0 Å². The first-order valence-corrected chi connectivity index (χ1v) is 2.79. The number of carbonyl (C=O) groups is 1. The van der Waals surface area contributed by atoms with Gasteiger partial charge in [-0.2, -0.15) is 13.2 Å². The van der Waals surface area contributed by atoms with Crippen LogP contribution in [-0.4, -0.2) is 18.5 Å². The van der Waals surface area contributed by atoms with Crippen molar-refractivity contribution in [1.82, 2.24) is 0 Å². The molecule has 0 aromatic heterocycles. The zero-order valence-electron chi connectivity index (χ0n) is 5.61. The Bertz CT molecular complexity index is 142. The van der Waals surface area contributed by atoms with Gasteiger partial charge in [0.25, 0.3) is 0 Å². The van der Waals surface area contributed by atoms with Crippen molar-refractivity contribution in [2.45, 2.75) is 25.9 Å². The van der Waals surface area contributed by atoms with E-state index in [2.05, 4.69) is 4.74 Å². The molecule has 0 aromatic carbocycles. The van der Waals surface area contributed by atoms with E-state index in [0.717, 1.165) is 0 Å². The standard InChI is InChI=1S/C5H6F4O2/c1-2-3(6)11-4(10)5(7,8)9/h3H,2H2,1H3. The van der Waals surface area contributed by atoms with Crippen molar-refractivity contribution >= 4 is 5.97 Å². The molecule has 0 bridgehead atoms. The Hall–Kier alpha value is -0.810.